The Bertz CT molecular complexity index is 279. The SMILES string of the molecule is C1CCc2nnnn2CC1.CC(C)NC(C)C. The van der Waals surface area contributed by atoms with Crippen LogP contribution in [0.5, 0.6) is 0 Å². The van der Waals surface area contributed by atoms with Crippen molar-refractivity contribution in [3.63, 3.8) is 0 Å². The smallest absolute Gasteiger partial charge is 0.151 e. The van der Waals surface area contributed by atoms with Crippen molar-refractivity contribution in [2.75, 3.05) is 0 Å². The van der Waals surface area contributed by atoms with E-state index in [0.717, 1.165) is 18.8 Å². The van der Waals surface area contributed by atoms with Gasteiger partial charge in [-0.1, -0.05) is 34.1 Å². The zero-order valence-electron chi connectivity index (χ0n) is 11.5. The van der Waals surface area contributed by atoms with E-state index >= 15 is 0 Å². The monoisotopic (exact) mass is 239 g/mol. The van der Waals surface area contributed by atoms with Gasteiger partial charge in [-0.25, -0.2) is 4.68 Å². The van der Waals surface area contributed by atoms with E-state index < -0.39 is 0 Å². The van der Waals surface area contributed by atoms with Crippen molar-refractivity contribution in [2.45, 2.75) is 72.0 Å². The van der Waals surface area contributed by atoms with Crippen molar-refractivity contribution in [3.8, 4) is 0 Å². The third kappa shape index (κ3) is 5.77. The molecule has 0 aromatic carbocycles. The van der Waals surface area contributed by atoms with Crippen LogP contribution in [0, 0.1) is 0 Å². The molecule has 0 aliphatic carbocycles. The molecule has 1 aliphatic rings. The van der Waals surface area contributed by atoms with Gasteiger partial charge in [-0.2, -0.15) is 0 Å². The van der Waals surface area contributed by atoms with E-state index in [1.54, 1.807) is 0 Å². The maximum atomic E-state index is 3.92. The Morgan fingerprint density at radius 3 is 2.35 bits per heavy atom. The van der Waals surface area contributed by atoms with Crippen LogP contribution >= 0.6 is 0 Å². The summed E-state index contributed by atoms with van der Waals surface area (Å²) in [5.74, 6) is 1.05. The second-order valence-corrected chi connectivity index (χ2v) is 5.10. The second-order valence-electron chi connectivity index (χ2n) is 5.10. The molecule has 0 atom stereocenters. The molecular formula is C12H25N5. The summed E-state index contributed by atoms with van der Waals surface area (Å²) in [6.45, 7) is 9.61. The number of tetrazole rings is 1. The quantitative estimate of drug-likeness (QED) is 0.855. The first-order valence-corrected chi connectivity index (χ1v) is 6.60. The van der Waals surface area contributed by atoms with E-state index in [1.165, 1.54) is 19.3 Å². The predicted octanol–water partition coefficient (Wildman–Crippen LogP) is 1.79. The van der Waals surface area contributed by atoms with E-state index in [2.05, 4.69) is 48.5 Å². The molecule has 1 aromatic rings. The zero-order chi connectivity index (χ0) is 12.7. The van der Waals surface area contributed by atoms with Gasteiger partial charge in [0.1, 0.15) is 0 Å². The Balaban J connectivity index is 0.000000185. The average molecular weight is 239 g/mol. The fraction of sp³-hybridized carbons (Fsp3) is 0.917. The first kappa shape index (κ1) is 14.1. The van der Waals surface area contributed by atoms with E-state index in [0.29, 0.717) is 12.1 Å². The topological polar surface area (TPSA) is 55.6 Å². The lowest BCUT2D eigenvalue weighted by molar-refractivity contribution is 0.518. The summed E-state index contributed by atoms with van der Waals surface area (Å²) >= 11 is 0. The molecule has 0 saturated carbocycles. The van der Waals surface area contributed by atoms with Gasteiger partial charge in [0.15, 0.2) is 5.82 Å². The van der Waals surface area contributed by atoms with Crippen molar-refractivity contribution >= 4 is 0 Å². The van der Waals surface area contributed by atoms with Gasteiger partial charge in [0.25, 0.3) is 0 Å². The van der Waals surface area contributed by atoms with Gasteiger partial charge in [0, 0.05) is 25.0 Å². The predicted molar refractivity (Wildman–Crippen MR) is 68.8 cm³/mol. The van der Waals surface area contributed by atoms with Gasteiger partial charge < -0.3 is 5.32 Å². The number of nitrogens with zero attached hydrogens (tertiary/aromatic N) is 4. The third-order valence-corrected chi connectivity index (χ3v) is 2.54. The van der Waals surface area contributed by atoms with Crippen molar-refractivity contribution in [3.05, 3.63) is 5.82 Å². The van der Waals surface area contributed by atoms with Crippen LogP contribution in [-0.2, 0) is 13.0 Å². The molecule has 2 rings (SSSR count). The number of aryl methyl sites for hydroxylation is 2. The summed E-state index contributed by atoms with van der Waals surface area (Å²) in [4.78, 5) is 0. The number of hydrogen-bond acceptors (Lipinski definition) is 4. The highest BCUT2D eigenvalue weighted by molar-refractivity contribution is 4.82. The van der Waals surface area contributed by atoms with Crippen molar-refractivity contribution < 1.29 is 0 Å². The highest BCUT2D eigenvalue weighted by Gasteiger charge is 2.08. The molecule has 98 valence electrons. The van der Waals surface area contributed by atoms with Crippen molar-refractivity contribution in [1.82, 2.24) is 25.5 Å². The average Bonchev–Trinajstić information content (AvgIpc) is 2.54. The Labute approximate surface area is 104 Å². The minimum Gasteiger partial charge on any atom is -0.312 e. The highest BCUT2D eigenvalue weighted by Crippen LogP contribution is 2.09. The lowest BCUT2D eigenvalue weighted by Gasteiger charge is -2.10. The summed E-state index contributed by atoms with van der Waals surface area (Å²) in [5, 5.41) is 14.7. The van der Waals surface area contributed by atoms with Crippen LogP contribution in [0.1, 0.15) is 52.8 Å². The molecule has 17 heavy (non-hydrogen) atoms. The Morgan fingerprint density at radius 1 is 1.06 bits per heavy atom. The van der Waals surface area contributed by atoms with Gasteiger partial charge in [-0.05, 0) is 23.3 Å². The van der Waals surface area contributed by atoms with Gasteiger partial charge >= 0.3 is 0 Å². The molecule has 0 saturated heterocycles. The molecule has 1 aliphatic heterocycles. The number of hydrogen-bond donors (Lipinski definition) is 1. The van der Waals surface area contributed by atoms with Crippen LogP contribution in [0.15, 0.2) is 0 Å². The number of rotatable bonds is 2. The molecule has 0 spiro atoms. The molecule has 1 aromatic heterocycles. The number of fused-ring (bicyclic) bond motifs is 1. The van der Waals surface area contributed by atoms with Gasteiger partial charge in [0.2, 0.25) is 0 Å². The first-order chi connectivity index (χ1) is 8.09. The van der Waals surface area contributed by atoms with E-state index in [1.807, 2.05) is 4.68 Å². The minimum atomic E-state index is 0.625. The van der Waals surface area contributed by atoms with E-state index in [9.17, 15) is 0 Å². The maximum Gasteiger partial charge on any atom is 0.151 e. The van der Waals surface area contributed by atoms with Gasteiger partial charge in [-0.3, -0.25) is 0 Å². The largest absolute Gasteiger partial charge is 0.312 e. The van der Waals surface area contributed by atoms with Gasteiger partial charge in [0.05, 0.1) is 0 Å². The van der Waals surface area contributed by atoms with Crippen LogP contribution in [0.25, 0.3) is 0 Å². The molecule has 0 bridgehead atoms. The summed E-state index contributed by atoms with van der Waals surface area (Å²) in [7, 11) is 0. The lowest BCUT2D eigenvalue weighted by atomic mass is 10.2. The molecule has 2 heterocycles. The molecule has 5 nitrogen and oxygen atoms in total. The molecule has 0 unspecified atom stereocenters. The van der Waals surface area contributed by atoms with Crippen LogP contribution < -0.4 is 5.32 Å². The van der Waals surface area contributed by atoms with E-state index in [4.69, 9.17) is 0 Å². The molecule has 0 radical (unpaired) electrons. The Kier molecular flexibility index (Phi) is 6.11. The Morgan fingerprint density at radius 2 is 1.76 bits per heavy atom. The van der Waals surface area contributed by atoms with Crippen LogP contribution in [0.2, 0.25) is 0 Å². The number of nitrogens with one attached hydrogen (secondary N) is 1. The zero-order valence-corrected chi connectivity index (χ0v) is 11.5. The van der Waals surface area contributed by atoms with Crippen molar-refractivity contribution in [2.24, 2.45) is 0 Å². The summed E-state index contributed by atoms with van der Waals surface area (Å²) < 4.78 is 1.91. The van der Waals surface area contributed by atoms with Crippen molar-refractivity contribution in [1.29, 1.82) is 0 Å². The summed E-state index contributed by atoms with van der Waals surface area (Å²) in [6.07, 6.45) is 4.80. The maximum absolute atomic E-state index is 3.92. The molecule has 1 N–H and O–H groups in total. The van der Waals surface area contributed by atoms with E-state index in [-0.39, 0.29) is 0 Å². The standard InChI is InChI=1S/C6H10N4.C6H15N/c1-2-4-6-7-8-9-10(6)5-3-1;1-5(2)7-6(3)4/h1-5H2;5-7H,1-4H3. The summed E-state index contributed by atoms with van der Waals surface area (Å²) in [6, 6.07) is 1.25. The lowest BCUT2D eigenvalue weighted by Crippen LogP contribution is -2.29. The fourth-order valence-electron chi connectivity index (χ4n) is 1.96. The molecule has 5 heteroatoms. The minimum absolute atomic E-state index is 0.625. The highest BCUT2D eigenvalue weighted by atomic mass is 15.5. The first-order valence-electron chi connectivity index (χ1n) is 6.60. The third-order valence-electron chi connectivity index (χ3n) is 2.54. The van der Waals surface area contributed by atoms with Crippen LogP contribution in [0.3, 0.4) is 0 Å². The molecule has 0 fully saturated rings. The normalized spacial score (nSPS) is 15.2. The Hall–Kier alpha value is -0.970. The molecular weight excluding hydrogens is 214 g/mol. The fourth-order valence-corrected chi connectivity index (χ4v) is 1.96. The second kappa shape index (κ2) is 7.37. The number of aromatic nitrogens is 4. The summed E-state index contributed by atoms with van der Waals surface area (Å²) in [5.41, 5.74) is 0. The van der Waals surface area contributed by atoms with Crippen LogP contribution in [0.4, 0.5) is 0 Å². The van der Waals surface area contributed by atoms with Crippen LogP contribution in [-0.4, -0.2) is 32.3 Å². The molecule has 0 amide bonds. The van der Waals surface area contributed by atoms with Gasteiger partial charge in [-0.15, -0.1) is 5.10 Å².